The minimum atomic E-state index is 0.267. The summed E-state index contributed by atoms with van der Waals surface area (Å²) in [6.45, 7) is 0.735. The summed E-state index contributed by atoms with van der Waals surface area (Å²) >= 11 is 8.59. The van der Waals surface area contributed by atoms with Crippen LogP contribution in [0.4, 0.5) is 5.13 Å². The molecule has 2 aromatic rings. The lowest BCUT2D eigenvalue weighted by molar-refractivity contribution is 0.974. The first-order chi connectivity index (χ1) is 7.79. The smallest absolute Gasteiger partial charge is 0.185 e. The molecular formula is C9H7ClN4S2. The third-order valence-electron chi connectivity index (χ3n) is 1.83. The molecule has 2 rings (SSSR count). The van der Waals surface area contributed by atoms with Crippen LogP contribution in [-0.4, -0.2) is 16.5 Å². The van der Waals surface area contributed by atoms with Crippen molar-refractivity contribution in [3.8, 4) is 6.07 Å². The highest BCUT2D eigenvalue weighted by molar-refractivity contribution is 7.16. The fourth-order valence-corrected chi connectivity index (χ4v) is 2.67. The number of rotatable bonds is 4. The molecule has 0 radical (unpaired) electrons. The molecule has 0 spiro atoms. The lowest BCUT2D eigenvalue weighted by Crippen LogP contribution is -2.04. The first-order valence-electron chi connectivity index (χ1n) is 4.47. The van der Waals surface area contributed by atoms with Gasteiger partial charge in [-0.2, -0.15) is 5.26 Å². The molecule has 0 aliphatic heterocycles. The molecule has 0 bridgehead atoms. The van der Waals surface area contributed by atoms with E-state index >= 15 is 0 Å². The van der Waals surface area contributed by atoms with Crippen LogP contribution in [0.1, 0.15) is 10.6 Å². The second kappa shape index (κ2) is 5.25. The van der Waals surface area contributed by atoms with E-state index in [1.54, 1.807) is 11.3 Å². The molecule has 16 heavy (non-hydrogen) atoms. The molecule has 1 N–H and O–H groups in total. The Morgan fingerprint density at radius 2 is 2.44 bits per heavy atom. The molecule has 0 aliphatic rings. The second-order valence-electron chi connectivity index (χ2n) is 2.91. The van der Waals surface area contributed by atoms with Crippen LogP contribution in [0.3, 0.4) is 0 Å². The van der Waals surface area contributed by atoms with Gasteiger partial charge in [0, 0.05) is 18.3 Å². The van der Waals surface area contributed by atoms with Gasteiger partial charge in [0.25, 0.3) is 0 Å². The Morgan fingerprint density at radius 1 is 1.56 bits per heavy atom. The van der Waals surface area contributed by atoms with Gasteiger partial charge < -0.3 is 5.32 Å². The average molecular weight is 271 g/mol. The number of nitriles is 1. The van der Waals surface area contributed by atoms with Gasteiger partial charge in [0.2, 0.25) is 0 Å². The van der Waals surface area contributed by atoms with Crippen LogP contribution in [-0.2, 0) is 6.42 Å². The molecule has 0 saturated heterocycles. The Labute approximate surface area is 106 Å². The zero-order chi connectivity index (χ0) is 11.4. The Balaban J connectivity index is 1.88. The maximum absolute atomic E-state index is 8.71. The minimum absolute atomic E-state index is 0.267. The number of nitrogens with zero attached hydrogens (tertiary/aromatic N) is 3. The summed E-state index contributed by atoms with van der Waals surface area (Å²) in [5, 5.41) is 14.8. The Bertz CT molecular complexity index is 500. The Kier molecular flexibility index (Phi) is 3.72. The van der Waals surface area contributed by atoms with E-state index in [2.05, 4.69) is 15.3 Å². The van der Waals surface area contributed by atoms with E-state index in [9.17, 15) is 0 Å². The molecular weight excluding hydrogens is 264 g/mol. The van der Waals surface area contributed by atoms with Crippen LogP contribution in [0.15, 0.2) is 10.9 Å². The highest BCUT2D eigenvalue weighted by Crippen LogP contribution is 2.25. The Hall–Kier alpha value is -1.16. The predicted octanol–water partition coefficient (Wildman–Crippen LogP) is 2.78. The monoisotopic (exact) mass is 270 g/mol. The third-order valence-corrected chi connectivity index (χ3v) is 3.77. The zero-order valence-electron chi connectivity index (χ0n) is 8.11. The molecule has 0 unspecified atom stereocenters. The predicted molar refractivity (Wildman–Crippen MR) is 66.1 cm³/mol. The van der Waals surface area contributed by atoms with Crippen molar-refractivity contribution < 1.29 is 0 Å². The number of aromatic nitrogens is 2. The second-order valence-corrected chi connectivity index (χ2v) is 4.98. The number of thiazole rings is 2. The van der Waals surface area contributed by atoms with E-state index in [0.29, 0.717) is 10.0 Å². The van der Waals surface area contributed by atoms with Crippen molar-refractivity contribution in [3.05, 3.63) is 26.6 Å². The van der Waals surface area contributed by atoms with Gasteiger partial charge in [-0.15, -0.1) is 11.3 Å². The average Bonchev–Trinajstić information content (AvgIpc) is 2.88. The van der Waals surface area contributed by atoms with Crippen molar-refractivity contribution in [1.29, 1.82) is 5.26 Å². The van der Waals surface area contributed by atoms with Crippen LogP contribution >= 0.6 is 34.3 Å². The molecule has 0 aliphatic carbocycles. The van der Waals surface area contributed by atoms with Crippen molar-refractivity contribution in [2.45, 2.75) is 6.42 Å². The molecule has 0 aromatic carbocycles. The molecule has 4 nitrogen and oxygen atoms in total. The molecule has 2 aromatic heterocycles. The number of nitrogens with one attached hydrogen (secondary N) is 1. The van der Waals surface area contributed by atoms with Crippen LogP contribution in [0.2, 0.25) is 5.15 Å². The lowest BCUT2D eigenvalue weighted by atomic mass is 10.3. The number of hydrogen-bond donors (Lipinski definition) is 1. The SMILES string of the molecule is N#Cc1sc(NCCc2cscn2)nc1Cl. The lowest BCUT2D eigenvalue weighted by Gasteiger charge is -1.98. The van der Waals surface area contributed by atoms with Crippen LogP contribution < -0.4 is 5.32 Å². The number of halogens is 1. The first-order valence-corrected chi connectivity index (χ1v) is 6.60. The van der Waals surface area contributed by atoms with Gasteiger partial charge in [-0.1, -0.05) is 22.9 Å². The molecule has 82 valence electrons. The highest BCUT2D eigenvalue weighted by atomic mass is 35.5. The van der Waals surface area contributed by atoms with E-state index in [1.165, 1.54) is 11.3 Å². The summed E-state index contributed by atoms with van der Waals surface area (Å²) < 4.78 is 0. The Morgan fingerprint density at radius 3 is 3.06 bits per heavy atom. The number of hydrogen-bond acceptors (Lipinski definition) is 6. The van der Waals surface area contributed by atoms with Gasteiger partial charge in [0.1, 0.15) is 10.9 Å². The number of anilines is 1. The quantitative estimate of drug-likeness (QED) is 0.928. The summed E-state index contributed by atoms with van der Waals surface area (Å²) in [7, 11) is 0. The van der Waals surface area contributed by atoms with Crippen molar-refractivity contribution in [1.82, 2.24) is 9.97 Å². The topological polar surface area (TPSA) is 61.6 Å². The van der Waals surface area contributed by atoms with Crippen LogP contribution in [0.25, 0.3) is 0 Å². The normalized spacial score (nSPS) is 10.0. The van der Waals surface area contributed by atoms with Crippen molar-refractivity contribution >= 4 is 39.4 Å². The van der Waals surface area contributed by atoms with E-state index < -0.39 is 0 Å². The van der Waals surface area contributed by atoms with Gasteiger partial charge >= 0.3 is 0 Å². The third kappa shape index (κ3) is 2.70. The van der Waals surface area contributed by atoms with Gasteiger partial charge in [0.05, 0.1) is 11.2 Å². The maximum Gasteiger partial charge on any atom is 0.185 e. The summed E-state index contributed by atoms with van der Waals surface area (Å²) in [6, 6.07) is 1.99. The van der Waals surface area contributed by atoms with Gasteiger partial charge in [-0.3, -0.25) is 0 Å². The summed E-state index contributed by atoms with van der Waals surface area (Å²) in [6.07, 6.45) is 0.836. The molecule has 0 fully saturated rings. The van der Waals surface area contributed by atoms with E-state index in [1.807, 2.05) is 17.0 Å². The molecule has 0 saturated carbocycles. The van der Waals surface area contributed by atoms with Crippen LogP contribution in [0, 0.1) is 11.3 Å². The van der Waals surface area contributed by atoms with Gasteiger partial charge in [-0.25, -0.2) is 9.97 Å². The van der Waals surface area contributed by atoms with Gasteiger partial charge in [0.15, 0.2) is 10.3 Å². The van der Waals surface area contributed by atoms with E-state index in [4.69, 9.17) is 16.9 Å². The minimum Gasteiger partial charge on any atom is -0.361 e. The van der Waals surface area contributed by atoms with Crippen molar-refractivity contribution in [2.75, 3.05) is 11.9 Å². The summed E-state index contributed by atoms with van der Waals surface area (Å²) in [5.41, 5.74) is 2.87. The van der Waals surface area contributed by atoms with Gasteiger partial charge in [-0.05, 0) is 0 Å². The molecule has 7 heteroatoms. The van der Waals surface area contributed by atoms with Crippen LogP contribution in [0.5, 0.6) is 0 Å². The maximum atomic E-state index is 8.71. The first kappa shape index (κ1) is 11.3. The van der Waals surface area contributed by atoms with E-state index in [-0.39, 0.29) is 5.15 Å². The molecule has 0 amide bonds. The molecule has 0 atom stereocenters. The largest absolute Gasteiger partial charge is 0.361 e. The summed E-state index contributed by atoms with van der Waals surface area (Å²) in [5.74, 6) is 0. The fourth-order valence-electron chi connectivity index (χ4n) is 1.10. The van der Waals surface area contributed by atoms with Crippen molar-refractivity contribution in [3.63, 3.8) is 0 Å². The fraction of sp³-hybridized carbons (Fsp3) is 0.222. The zero-order valence-corrected chi connectivity index (χ0v) is 10.5. The standard InChI is InChI=1S/C9H7ClN4S2/c10-8-7(3-11)16-9(14-8)12-2-1-6-4-15-5-13-6/h4-5H,1-2H2,(H,12,14). The van der Waals surface area contributed by atoms with E-state index in [0.717, 1.165) is 18.7 Å². The summed E-state index contributed by atoms with van der Waals surface area (Å²) in [4.78, 5) is 8.64. The molecule has 2 heterocycles. The van der Waals surface area contributed by atoms with Crippen molar-refractivity contribution in [2.24, 2.45) is 0 Å². The highest BCUT2D eigenvalue weighted by Gasteiger charge is 2.07.